The molecule has 2 aliphatic rings. The molecule has 0 atom stereocenters. The fourth-order valence-electron chi connectivity index (χ4n) is 6.42. The second kappa shape index (κ2) is 13.6. The van der Waals surface area contributed by atoms with Gasteiger partial charge in [0.1, 0.15) is 18.7 Å². The molecule has 2 aromatic heterocycles. The Morgan fingerprint density at radius 1 is 1.02 bits per heavy atom. The molecular weight excluding hydrogens is 585 g/mol. The van der Waals surface area contributed by atoms with E-state index in [4.69, 9.17) is 9.72 Å². The zero-order valence-electron chi connectivity index (χ0n) is 26.6. The molecule has 11 nitrogen and oxygen atoms in total. The summed E-state index contributed by atoms with van der Waals surface area (Å²) in [7, 11) is -0.846. The van der Waals surface area contributed by atoms with Gasteiger partial charge in [-0.1, -0.05) is 19.1 Å². The highest BCUT2D eigenvalue weighted by atomic mass is 31.2. The van der Waals surface area contributed by atoms with Gasteiger partial charge in [-0.2, -0.15) is 10.1 Å². The smallest absolute Gasteiger partial charge is 0.229 e. The predicted molar refractivity (Wildman–Crippen MR) is 184 cm³/mol. The summed E-state index contributed by atoms with van der Waals surface area (Å²) in [5.74, 6) is 1.74. The Morgan fingerprint density at radius 2 is 1.80 bits per heavy atom. The van der Waals surface area contributed by atoms with Crippen LogP contribution < -0.4 is 30.9 Å². The summed E-state index contributed by atoms with van der Waals surface area (Å²) in [6.07, 6.45) is 8.54. The van der Waals surface area contributed by atoms with Crippen LogP contribution in [0, 0.1) is 0 Å². The molecule has 0 saturated carbocycles. The van der Waals surface area contributed by atoms with Crippen LogP contribution in [0.5, 0.6) is 5.75 Å². The summed E-state index contributed by atoms with van der Waals surface area (Å²) >= 11 is 0. The molecule has 2 aliphatic heterocycles. The van der Waals surface area contributed by atoms with Crippen LogP contribution in [0.25, 0.3) is 11.1 Å². The number of hydrogen-bond donors (Lipinski definition) is 4. The number of piperidine rings is 1. The van der Waals surface area contributed by atoms with E-state index in [1.54, 1.807) is 39.0 Å². The lowest BCUT2D eigenvalue weighted by molar-refractivity contribution is 0.150. The first-order valence-corrected chi connectivity index (χ1v) is 18.4. The van der Waals surface area contributed by atoms with Crippen LogP contribution in [0.15, 0.2) is 55.0 Å². The van der Waals surface area contributed by atoms with E-state index in [9.17, 15) is 4.57 Å². The second-order valence-corrected chi connectivity index (χ2v) is 15.3. The molecule has 0 bridgehead atoms. The molecule has 2 fully saturated rings. The van der Waals surface area contributed by atoms with Crippen LogP contribution in [0.3, 0.4) is 0 Å². The summed E-state index contributed by atoms with van der Waals surface area (Å²) < 4.78 is 19.0. The van der Waals surface area contributed by atoms with E-state index < -0.39 is 7.14 Å². The van der Waals surface area contributed by atoms with E-state index in [0.717, 1.165) is 79.2 Å². The minimum absolute atomic E-state index is 0.420. The minimum Gasteiger partial charge on any atom is -0.494 e. The van der Waals surface area contributed by atoms with Crippen molar-refractivity contribution in [3.05, 3.63) is 60.6 Å². The standard InChI is InChI=1S/C33H44N9O2P/c1-5-23-18-28(30(44-2)19-29(23)42-14-10-25(11-15-42)41-16-12-34-13-17-41)39-33-35-22-26(24-20-36-37-21-24)32(40-33)38-27-8-6-7-9-31(27)45(3,4)43/h6-9,18-22,25,34H,5,10-17H2,1-4H3,(H,36,37)(H2,35,38,39,40). The van der Waals surface area contributed by atoms with E-state index in [0.29, 0.717) is 17.8 Å². The summed E-state index contributed by atoms with van der Waals surface area (Å²) in [5.41, 5.74) is 5.65. The molecular formula is C33H44N9O2P. The van der Waals surface area contributed by atoms with Crippen molar-refractivity contribution in [3.8, 4) is 16.9 Å². The maximum absolute atomic E-state index is 13.1. The van der Waals surface area contributed by atoms with E-state index in [2.05, 4.69) is 60.0 Å². The Labute approximate surface area is 265 Å². The highest BCUT2D eigenvalue weighted by Gasteiger charge is 2.27. The number of H-pyrrole nitrogens is 1. The number of piperazine rings is 1. The van der Waals surface area contributed by atoms with Crippen LogP contribution in [0.2, 0.25) is 0 Å². The Balaban J connectivity index is 1.27. The normalized spacial score (nSPS) is 16.5. The number of aryl methyl sites for hydroxylation is 1. The molecule has 0 radical (unpaired) electrons. The third-order valence-corrected chi connectivity index (χ3v) is 10.4. The molecule has 0 unspecified atom stereocenters. The highest BCUT2D eigenvalue weighted by Crippen LogP contribution is 2.40. The summed E-state index contributed by atoms with van der Waals surface area (Å²) in [4.78, 5) is 14.7. The van der Waals surface area contributed by atoms with Gasteiger partial charge in [0, 0.05) is 85.9 Å². The van der Waals surface area contributed by atoms with Crippen LogP contribution >= 0.6 is 7.14 Å². The SMILES string of the molecule is CCc1cc(Nc2ncc(-c3cn[nH]c3)c(Nc3ccccc3P(C)(C)=O)n2)c(OC)cc1N1CCC(N2CCNCC2)CC1. The molecule has 45 heavy (non-hydrogen) atoms. The van der Waals surface area contributed by atoms with Gasteiger partial charge in [0.2, 0.25) is 5.95 Å². The van der Waals surface area contributed by atoms with Gasteiger partial charge in [-0.3, -0.25) is 10.00 Å². The molecule has 4 N–H and O–H groups in total. The minimum atomic E-state index is -2.55. The van der Waals surface area contributed by atoms with Gasteiger partial charge in [0.25, 0.3) is 0 Å². The van der Waals surface area contributed by atoms with Crippen LogP contribution in [-0.2, 0) is 11.0 Å². The highest BCUT2D eigenvalue weighted by molar-refractivity contribution is 7.70. The molecule has 4 aromatic rings. The van der Waals surface area contributed by atoms with E-state index >= 15 is 0 Å². The van der Waals surface area contributed by atoms with Crippen molar-refractivity contribution in [3.63, 3.8) is 0 Å². The number of nitrogens with zero attached hydrogens (tertiary/aromatic N) is 5. The number of aromatic nitrogens is 4. The lowest BCUT2D eigenvalue weighted by atomic mass is 9.99. The summed E-state index contributed by atoms with van der Waals surface area (Å²) in [5, 5.41) is 18.1. The first kappa shape index (κ1) is 31.1. The van der Waals surface area contributed by atoms with Crippen molar-refractivity contribution in [2.24, 2.45) is 0 Å². The topological polar surface area (TPSA) is 123 Å². The Morgan fingerprint density at radius 3 is 2.49 bits per heavy atom. The average molecular weight is 630 g/mol. The van der Waals surface area contributed by atoms with Crippen LogP contribution in [-0.4, -0.2) is 90.8 Å². The molecule has 2 aromatic carbocycles. The van der Waals surface area contributed by atoms with Crippen molar-refractivity contribution < 1.29 is 9.30 Å². The fraction of sp³-hybridized carbons (Fsp3) is 0.424. The third kappa shape index (κ3) is 7.01. The molecule has 0 aliphatic carbocycles. The van der Waals surface area contributed by atoms with Crippen LogP contribution in [0.1, 0.15) is 25.3 Å². The van der Waals surface area contributed by atoms with Gasteiger partial charge < -0.3 is 30.2 Å². The van der Waals surface area contributed by atoms with Crippen molar-refractivity contribution in [2.75, 3.05) is 75.2 Å². The predicted octanol–water partition coefficient (Wildman–Crippen LogP) is 5.05. The van der Waals surface area contributed by atoms with E-state index in [-0.39, 0.29) is 0 Å². The van der Waals surface area contributed by atoms with Crippen molar-refractivity contribution in [1.82, 2.24) is 30.4 Å². The Bertz CT molecular complexity index is 1640. The van der Waals surface area contributed by atoms with Gasteiger partial charge in [-0.25, -0.2) is 4.98 Å². The fourth-order valence-corrected chi connectivity index (χ4v) is 7.58. The van der Waals surface area contributed by atoms with Gasteiger partial charge in [0.15, 0.2) is 0 Å². The summed E-state index contributed by atoms with van der Waals surface area (Å²) in [6.45, 7) is 12.3. The molecule has 0 spiro atoms. The first-order valence-electron chi connectivity index (χ1n) is 15.8. The zero-order valence-corrected chi connectivity index (χ0v) is 27.5. The van der Waals surface area contributed by atoms with Crippen molar-refractivity contribution in [2.45, 2.75) is 32.2 Å². The van der Waals surface area contributed by atoms with Gasteiger partial charge in [-0.05, 0) is 56.4 Å². The van der Waals surface area contributed by atoms with Gasteiger partial charge in [-0.15, -0.1) is 0 Å². The molecule has 12 heteroatoms. The maximum atomic E-state index is 13.1. The van der Waals surface area contributed by atoms with E-state index in [1.807, 2.05) is 24.3 Å². The number of nitrogens with one attached hydrogen (secondary N) is 4. The molecule has 238 valence electrons. The molecule has 2 saturated heterocycles. The monoisotopic (exact) mass is 629 g/mol. The van der Waals surface area contributed by atoms with Gasteiger partial charge in [0.05, 0.1) is 24.7 Å². The summed E-state index contributed by atoms with van der Waals surface area (Å²) in [6, 6.07) is 12.6. The largest absolute Gasteiger partial charge is 0.494 e. The van der Waals surface area contributed by atoms with E-state index in [1.165, 1.54) is 24.1 Å². The number of methoxy groups -OCH3 is 1. The second-order valence-electron chi connectivity index (χ2n) is 12.1. The average Bonchev–Trinajstić information content (AvgIpc) is 3.60. The number of rotatable bonds is 10. The van der Waals surface area contributed by atoms with Gasteiger partial charge >= 0.3 is 0 Å². The number of anilines is 5. The quantitative estimate of drug-likeness (QED) is 0.177. The number of hydrogen-bond acceptors (Lipinski definition) is 10. The third-order valence-electron chi connectivity index (χ3n) is 8.84. The van der Waals surface area contributed by atoms with Crippen LogP contribution in [0.4, 0.5) is 28.8 Å². The molecule has 0 amide bonds. The number of para-hydroxylation sites is 1. The van der Waals surface area contributed by atoms with Crippen molar-refractivity contribution >= 4 is 41.3 Å². The molecule has 4 heterocycles. The number of benzene rings is 2. The maximum Gasteiger partial charge on any atom is 0.229 e. The Hall–Kier alpha value is -3.92. The lowest BCUT2D eigenvalue weighted by Gasteiger charge is -2.41. The van der Waals surface area contributed by atoms with Crippen molar-refractivity contribution in [1.29, 1.82) is 0 Å². The first-order chi connectivity index (χ1) is 21.8. The Kier molecular flexibility index (Phi) is 9.40. The number of ether oxygens (including phenoxy) is 1. The number of aromatic amines is 1. The zero-order chi connectivity index (χ0) is 31.4. The molecule has 6 rings (SSSR count). The lowest BCUT2D eigenvalue weighted by Crippen LogP contribution is -2.52.